The first-order valence-corrected chi connectivity index (χ1v) is 12.1. The van der Waals surface area contributed by atoms with Crippen molar-refractivity contribution in [2.24, 2.45) is 11.8 Å². The van der Waals surface area contributed by atoms with Crippen LogP contribution < -0.4 is 4.90 Å². The maximum Gasteiger partial charge on any atom is 0.421 e. The van der Waals surface area contributed by atoms with Crippen LogP contribution in [0.2, 0.25) is 0 Å². The average molecular weight is 485 g/mol. The summed E-state index contributed by atoms with van der Waals surface area (Å²) in [6.45, 7) is 10.7. The molecule has 1 saturated carbocycles. The van der Waals surface area contributed by atoms with E-state index in [1.807, 2.05) is 12.1 Å². The minimum Gasteiger partial charge on any atom is -0.443 e. The van der Waals surface area contributed by atoms with Crippen molar-refractivity contribution in [2.75, 3.05) is 11.5 Å². The lowest BCUT2D eigenvalue weighted by molar-refractivity contribution is -0.143. The Morgan fingerprint density at radius 1 is 1.00 bits per heavy atom. The number of ether oxygens (including phenoxy) is 3. The summed E-state index contributed by atoms with van der Waals surface area (Å²) in [4.78, 5) is 56.1. The molecule has 4 heterocycles. The van der Waals surface area contributed by atoms with Gasteiger partial charge in [-0.2, -0.15) is 0 Å². The number of para-hydroxylation sites is 1. The van der Waals surface area contributed by atoms with E-state index in [0.717, 1.165) is 4.90 Å². The fourth-order valence-corrected chi connectivity index (χ4v) is 6.06. The van der Waals surface area contributed by atoms with Gasteiger partial charge in [0.1, 0.15) is 16.6 Å². The molecule has 0 aromatic heterocycles. The van der Waals surface area contributed by atoms with Gasteiger partial charge in [0, 0.05) is 11.8 Å². The second-order valence-corrected chi connectivity index (χ2v) is 11.9. The second-order valence-electron chi connectivity index (χ2n) is 11.9. The van der Waals surface area contributed by atoms with Crippen molar-refractivity contribution >= 4 is 29.7 Å². The highest BCUT2D eigenvalue weighted by Gasteiger charge is 2.68. The Kier molecular flexibility index (Phi) is 5.12. The number of nitrogens with zero attached hydrogens (tertiary/aromatic N) is 2. The van der Waals surface area contributed by atoms with Crippen LogP contribution in [-0.4, -0.2) is 58.9 Å². The van der Waals surface area contributed by atoms with E-state index in [1.54, 1.807) is 53.7 Å². The van der Waals surface area contributed by atoms with E-state index in [9.17, 15) is 19.2 Å². The molecule has 1 spiro atoms. The number of carbonyl (C=O) groups excluding carboxylic acids is 4. The average Bonchev–Trinajstić information content (AvgIpc) is 3.00. The third-order valence-electron chi connectivity index (χ3n) is 7.31. The summed E-state index contributed by atoms with van der Waals surface area (Å²) in [6, 6.07) is 6.55. The van der Waals surface area contributed by atoms with Gasteiger partial charge in [0.15, 0.2) is 0 Å². The predicted octanol–water partition coefficient (Wildman–Crippen LogP) is 3.78. The van der Waals surface area contributed by atoms with Gasteiger partial charge in [-0.25, -0.2) is 19.4 Å². The lowest BCUT2D eigenvalue weighted by atomic mass is 9.71. The minimum absolute atomic E-state index is 0.166. The quantitative estimate of drug-likeness (QED) is 0.552. The van der Waals surface area contributed by atoms with Gasteiger partial charge < -0.3 is 14.2 Å². The van der Waals surface area contributed by atoms with Crippen LogP contribution in [0.5, 0.6) is 0 Å². The largest absolute Gasteiger partial charge is 0.443 e. The number of likely N-dealkylation sites (tertiary alicyclic amines) is 1. The zero-order chi connectivity index (χ0) is 25.5. The molecule has 35 heavy (non-hydrogen) atoms. The molecule has 1 aromatic rings. The summed E-state index contributed by atoms with van der Waals surface area (Å²) in [5.74, 6) is -1.40. The first-order chi connectivity index (χ1) is 16.2. The maximum atomic E-state index is 14.2. The van der Waals surface area contributed by atoms with Crippen LogP contribution in [0.15, 0.2) is 24.3 Å². The smallest absolute Gasteiger partial charge is 0.421 e. The number of benzene rings is 1. The maximum absolute atomic E-state index is 14.2. The highest BCUT2D eigenvalue weighted by atomic mass is 16.6. The Bertz CT molecular complexity index is 1120. The van der Waals surface area contributed by atoms with Gasteiger partial charge in [-0.05, 0) is 66.0 Å². The van der Waals surface area contributed by atoms with Gasteiger partial charge in [0.25, 0.3) is 0 Å². The molecule has 0 N–H and O–H groups in total. The number of carbonyl (C=O) groups is 4. The first-order valence-electron chi connectivity index (χ1n) is 12.1. The molecule has 5 aliphatic rings. The fraction of sp³-hybridized carbons (Fsp3) is 0.615. The zero-order valence-electron chi connectivity index (χ0n) is 21.0. The number of hydrogen-bond acceptors (Lipinski definition) is 7. The molecule has 0 unspecified atom stereocenters. The van der Waals surface area contributed by atoms with Crippen molar-refractivity contribution in [3.05, 3.63) is 29.8 Å². The van der Waals surface area contributed by atoms with Gasteiger partial charge in [-0.1, -0.05) is 18.2 Å². The minimum atomic E-state index is -1.22. The van der Waals surface area contributed by atoms with Gasteiger partial charge in [-0.15, -0.1) is 0 Å². The van der Waals surface area contributed by atoms with Gasteiger partial charge in [0.05, 0.1) is 24.4 Å². The van der Waals surface area contributed by atoms with Crippen molar-refractivity contribution in [3.63, 3.8) is 0 Å². The Balaban J connectivity index is 1.59. The molecule has 1 aromatic carbocycles. The molecule has 9 nitrogen and oxygen atoms in total. The van der Waals surface area contributed by atoms with E-state index in [1.165, 1.54) is 4.90 Å². The number of rotatable bonds is 0. The lowest BCUT2D eigenvalue weighted by Gasteiger charge is -2.39. The third-order valence-corrected chi connectivity index (χ3v) is 7.31. The number of fused-ring (bicyclic) bond motifs is 2. The molecule has 9 heteroatoms. The summed E-state index contributed by atoms with van der Waals surface area (Å²) >= 11 is 0. The van der Waals surface area contributed by atoms with Crippen LogP contribution in [0.4, 0.5) is 15.3 Å². The molecule has 4 fully saturated rings. The molecule has 1 aliphatic carbocycles. The highest BCUT2D eigenvalue weighted by Crippen LogP contribution is 2.57. The van der Waals surface area contributed by atoms with Crippen LogP contribution in [-0.2, 0) is 29.2 Å². The van der Waals surface area contributed by atoms with Gasteiger partial charge >= 0.3 is 12.2 Å². The second kappa shape index (κ2) is 7.53. The normalized spacial score (nSPS) is 31.6. The van der Waals surface area contributed by atoms with Crippen LogP contribution in [0, 0.1) is 11.8 Å². The number of amides is 4. The van der Waals surface area contributed by atoms with Crippen molar-refractivity contribution in [1.29, 1.82) is 0 Å². The summed E-state index contributed by atoms with van der Waals surface area (Å²) in [6.07, 6.45) is -1.60. The highest BCUT2D eigenvalue weighted by molar-refractivity contribution is 6.21. The van der Waals surface area contributed by atoms with E-state index < -0.39 is 52.8 Å². The van der Waals surface area contributed by atoms with Crippen molar-refractivity contribution in [1.82, 2.24) is 4.90 Å². The van der Waals surface area contributed by atoms with E-state index in [4.69, 9.17) is 14.2 Å². The molecule has 4 bridgehead atoms. The predicted molar refractivity (Wildman–Crippen MR) is 125 cm³/mol. The third kappa shape index (κ3) is 3.54. The number of anilines is 1. The number of hydrogen-bond donors (Lipinski definition) is 0. The van der Waals surface area contributed by atoms with Crippen molar-refractivity contribution in [2.45, 2.75) is 83.1 Å². The van der Waals surface area contributed by atoms with E-state index in [0.29, 0.717) is 17.7 Å². The summed E-state index contributed by atoms with van der Waals surface area (Å²) in [7, 11) is 0. The Morgan fingerprint density at radius 3 is 2.29 bits per heavy atom. The van der Waals surface area contributed by atoms with E-state index >= 15 is 0 Å². The Hall–Kier alpha value is -2.94. The van der Waals surface area contributed by atoms with Crippen molar-refractivity contribution in [3.8, 4) is 0 Å². The topological polar surface area (TPSA) is 102 Å². The molecule has 4 amide bonds. The SMILES string of the molecule is CC(C)(C)OC(=O)N1C(=O)[C@]2(C[C@@H]3[C@@H]4CO[C@H]2C[C@@H]4C(=O)N3C(=O)OC(C)(C)C)c2ccccc21. The molecule has 5 atom stereocenters. The van der Waals surface area contributed by atoms with E-state index in [-0.39, 0.29) is 24.9 Å². The lowest BCUT2D eigenvalue weighted by Crippen LogP contribution is -2.55. The molecule has 4 aliphatic heterocycles. The van der Waals surface area contributed by atoms with Gasteiger partial charge in [0.2, 0.25) is 11.8 Å². The molecule has 0 radical (unpaired) electrons. The summed E-state index contributed by atoms with van der Waals surface area (Å²) in [5.41, 5.74) is -1.68. The molecular formula is C26H32N2O7. The molecular weight excluding hydrogens is 452 g/mol. The summed E-state index contributed by atoms with van der Waals surface area (Å²) in [5, 5.41) is 0. The van der Waals surface area contributed by atoms with Crippen LogP contribution >= 0.6 is 0 Å². The first kappa shape index (κ1) is 23.8. The molecule has 6 rings (SSSR count). The fourth-order valence-electron chi connectivity index (χ4n) is 6.06. The van der Waals surface area contributed by atoms with E-state index in [2.05, 4.69) is 0 Å². The standard InChI is InChI=1S/C26H32N2O7/c1-24(2,3)34-22(31)27-18-12-26(19-11-14(20(27)29)15(18)13-33-19)16-9-7-8-10-17(16)28(21(26)30)23(32)35-25(4,5)6/h7-10,14-15,18-19H,11-13H2,1-6H3/t14-,15+,18+,19-,26+/m0/s1. The van der Waals surface area contributed by atoms with Crippen LogP contribution in [0.3, 0.4) is 0 Å². The van der Waals surface area contributed by atoms with Crippen LogP contribution in [0.1, 0.15) is 59.9 Å². The molecule has 3 saturated heterocycles. The molecule has 188 valence electrons. The van der Waals surface area contributed by atoms with Crippen LogP contribution in [0.25, 0.3) is 0 Å². The Morgan fingerprint density at radius 2 is 1.63 bits per heavy atom. The summed E-state index contributed by atoms with van der Waals surface area (Å²) < 4.78 is 17.4. The number of imide groups is 2. The van der Waals surface area contributed by atoms with Gasteiger partial charge in [-0.3, -0.25) is 9.59 Å². The monoisotopic (exact) mass is 484 g/mol. The zero-order valence-corrected chi connectivity index (χ0v) is 21.0. The van der Waals surface area contributed by atoms with Crippen molar-refractivity contribution < 1.29 is 33.4 Å². The Labute approximate surface area is 204 Å².